The summed E-state index contributed by atoms with van der Waals surface area (Å²) < 4.78 is 0. The molecule has 82 valence electrons. The normalized spacial score (nSPS) is 24.7. The molecule has 15 heavy (non-hydrogen) atoms. The molecular formula is C10H14ClN3S. The summed E-state index contributed by atoms with van der Waals surface area (Å²) >= 11 is 7.40. The predicted molar refractivity (Wildman–Crippen MR) is 64.6 cm³/mol. The molecule has 1 N–H and O–H groups in total. The van der Waals surface area contributed by atoms with Gasteiger partial charge in [-0.2, -0.15) is 0 Å². The molecule has 0 aromatic carbocycles. The molecule has 0 spiro atoms. The van der Waals surface area contributed by atoms with Crippen LogP contribution in [0.3, 0.4) is 0 Å². The largest absolute Gasteiger partial charge is 0.367 e. The Morgan fingerprint density at radius 1 is 1.47 bits per heavy atom. The molecule has 1 aliphatic rings. The van der Waals surface area contributed by atoms with Crippen LogP contribution in [0, 0.1) is 5.92 Å². The van der Waals surface area contributed by atoms with Crippen LogP contribution in [0.15, 0.2) is 11.2 Å². The minimum atomic E-state index is 0.504. The summed E-state index contributed by atoms with van der Waals surface area (Å²) in [6.45, 7) is 2.26. The molecule has 0 unspecified atom stereocenters. The van der Waals surface area contributed by atoms with Crippen LogP contribution in [0.2, 0.25) is 5.15 Å². The highest BCUT2D eigenvalue weighted by molar-refractivity contribution is 7.98. The third-order valence-electron chi connectivity index (χ3n) is 2.58. The smallest absolute Gasteiger partial charge is 0.190 e. The van der Waals surface area contributed by atoms with Crippen molar-refractivity contribution in [1.82, 2.24) is 9.97 Å². The average Bonchev–Trinajstić information content (AvgIpc) is 2.14. The number of anilines is 1. The van der Waals surface area contributed by atoms with Gasteiger partial charge in [-0.15, -0.1) is 0 Å². The van der Waals surface area contributed by atoms with Crippen molar-refractivity contribution in [3.63, 3.8) is 0 Å². The van der Waals surface area contributed by atoms with Crippen molar-refractivity contribution in [3.8, 4) is 0 Å². The SMILES string of the molecule is CSc1nc(Cl)cc(NC2CC(C)C2)n1. The Morgan fingerprint density at radius 2 is 2.20 bits per heavy atom. The Balaban J connectivity index is 2.04. The van der Waals surface area contributed by atoms with Crippen LogP contribution in [0.25, 0.3) is 0 Å². The fourth-order valence-corrected chi connectivity index (χ4v) is 2.40. The molecule has 0 amide bonds. The summed E-state index contributed by atoms with van der Waals surface area (Å²) in [5.74, 6) is 1.68. The van der Waals surface area contributed by atoms with E-state index >= 15 is 0 Å². The summed E-state index contributed by atoms with van der Waals surface area (Å²) in [4.78, 5) is 8.45. The van der Waals surface area contributed by atoms with E-state index in [0.29, 0.717) is 11.2 Å². The number of hydrogen-bond donors (Lipinski definition) is 1. The van der Waals surface area contributed by atoms with Crippen molar-refractivity contribution >= 4 is 29.2 Å². The van der Waals surface area contributed by atoms with E-state index in [0.717, 1.165) is 16.9 Å². The summed E-state index contributed by atoms with van der Waals surface area (Å²) in [6, 6.07) is 2.34. The number of nitrogens with zero attached hydrogens (tertiary/aromatic N) is 2. The molecule has 0 bridgehead atoms. The van der Waals surface area contributed by atoms with E-state index in [9.17, 15) is 0 Å². The number of aromatic nitrogens is 2. The Hall–Kier alpha value is -0.480. The zero-order valence-electron chi connectivity index (χ0n) is 8.83. The highest BCUT2D eigenvalue weighted by Gasteiger charge is 2.25. The van der Waals surface area contributed by atoms with Gasteiger partial charge >= 0.3 is 0 Å². The first-order valence-electron chi connectivity index (χ1n) is 5.02. The summed E-state index contributed by atoms with van der Waals surface area (Å²) in [5, 5.41) is 4.60. The van der Waals surface area contributed by atoms with Crippen LogP contribution in [-0.4, -0.2) is 22.3 Å². The Morgan fingerprint density at radius 3 is 2.80 bits per heavy atom. The second kappa shape index (κ2) is 4.58. The molecule has 0 saturated heterocycles. The molecule has 2 rings (SSSR count). The Bertz CT molecular complexity index is 353. The number of rotatable bonds is 3. The van der Waals surface area contributed by atoms with E-state index in [2.05, 4.69) is 22.2 Å². The van der Waals surface area contributed by atoms with E-state index in [4.69, 9.17) is 11.6 Å². The topological polar surface area (TPSA) is 37.8 Å². The molecule has 0 aliphatic heterocycles. The van der Waals surface area contributed by atoms with Crippen LogP contribution < -0.4 is 5.32 Å². The molecule has 0 atom stereocenters. The Labute approximate surface area is 99.0 Å². The highest BCUT2D eigenvalue weighted by atomic mass is 35.5. The molecule has 3 nitrogen and oxygen atoms in total. The summed E-state index contributed by atoms with van der Waals surface area (Å²) in [7, 11) is 0. The van der Waals surface area contributed by atoms with Crippen LogP contribution in [-0.2, 0) is 0 Å². The minimum absolute atomic E-state index is 0.504. The number of thioether (sulfide) groups is 1. The monoisotopic (exact) mass is 243 g/mol. The zero-order valence-corrected chi connectivity index (χ0v) is 10.4. The van der Waals surface area contributed by atoms with Gasteiger partial charge in [-0.05, 0) is 25.0 Å². The summed E-state index contributed by atoms with van der Waals surface area (Å²) in [6.07, 6.45) is 4.38. The van der Waals surface area contributed by atoms with E-state index in [-0.39, 0.29) is 0 Å². The van der Waals surface area contributed by atoms with Gasteiger partial charge in [0.2, 0.25) is 0 Å². The van der Waals surface area contributed by atoms with Crippen molar-refractivity contribution in [2.24, 2.45) is 5.92 Å². The molecule has 1 aromatic rings. The van der Waals surface area contributed by atoms with Gasteiger partial charge in [0, 0.05) is 12.1 Å². The van der Waals surface area contributed by atoms with Crippen molar-refractivity contribution in [2.75, 3.05) is 11.6 Å². The lowest BCUT2D eigenvalue weighted by atomic mass is 9.82. The fourth-order valence-electron chi connectivity index (χ4n) is 1.79. The first-order valence-corrected chi connectivity index (χ1v) is 6.62. The maximum Gasteiger partial charge on any atom is 0.190 e. The first-order chi connectivity index (χ1) is 7.17. The standard InChI is InChI=1S/C10H14ClN3S/c1-6-3-7(4-6)12-9-5-8(11)13-10(14-9)15-2/h5-7H,3-4H2,1-2H3,(H,12,13,14). The fraction of sp³-hybridized carbons (Fsp3) is 0.600. The van der Waals surface area contributed by atoms with E-state index in [1.165, 1.54) is 24.6 Å². The third-order valence-corrected chi connectivity index (χ3v) is 3.32. The predicted octanol–water partition coefficient (Wildman–Crippen LogP) is 3.06. The third kappa shape index (κ3) is 2.75. The molecule has 1 aromatic heterocycles. The van der Waals surface area contributed by atoms with E-state index in [1.807, 2.05) is 6.26 Å². The number of hydrogen-bond acceptors (Lipinski definition) is 4. The quantitative estimate of drug-likeness (QED) is 0.503. The molecule has 1 aliphatic carbocycles. The Kier molecular flexibility index (Phi) is 3.36. The molecular weight excluding hydrogens is 230 g/mol. The second-order valence-electron chi connectivity index (χ2n) is 3.98. The van der Waals surface area contributed by atoms with Crippen molar-refractivity contribution in [1.29, 1.82) is 0 Å². The van der Waals surface area contributed by atoms with Gasteiger partial charge in [0.25, 0.3) is 0 Å². The lowest BCUT2D eigenvalue weighted by Crippen LogP contribution is -2.34. The first kappa shape index (κ1) is 11.0. The van der Waals surface area contributed by atoms with Crippen LogP contribution in [0.1, 0.15) is 19.8 Å². The van der Waals surface area contributed by atoms with Crippen LogP contribution in [0.4, 0.5) is 5.82 Å². The van der Waals surface area contributed by atoms with Gasteiger partial charge < -0.3 is 5.32 Å². The van der Waals surface area contributed by atoms with Gasteiger partial charge in [0.15, 0.2) is 5.16 Å². The molecule has 1 fully saturated rings. The van der Waals surface area contributed by atoms with Gasteiger partial charge in [0.05, 0.1) is 0 Å². The molecule has 1 saturated carbocycles. The van der Waals surface area contributed by atoms with Gasteiger partial charge in [0.1, 0.15) is 11.0 Å². The van der Waals surface area contributed by atoms with Crippen molar-refractivity contribution in [2.45, 2.75) is 31.0 Å². The average molecular weight is 244 g/mol. The van der Waals surface area contributed by atoms with Crippen molar-refractivity contribution in [3.05, 3.63) is 11.2 Å². The van der Waals surface area contributed by atoms with Crippen molar-refractivity contribution < 1.29 is 0 Å². The van der Waals surface area contributed by atoms with E-state index < -0.39 is 0 Å². The van der Waals surface area contributed by atoms with Gasteiger partial charge in [-0.1, -0.05) is 30.3 Å². The van der Waals surface area contributed by atoms with Gasteiger partial charge in [-0.3, -0.25) is 0 Å². The number of nitrogens with one attached hydrogen (secondary N) is 1. The highest BCUT2D eigenvalue weighted by Crippen LogP contribution is 2.29. The van der Waals surface area contributed by atoms with Crippen LogP contribution >= 0.6 is 23.4 Å². The zero-order chi connectivity index (χ0) is 10.8. The maximum absolute atomic E-state index is 5.90. The minimum Gasteiger partial charge on any atom is -0.367 e. The second-order valence-corrected chi connectivity index (χ2v) is 5.14. The van der Waals surface area contributed by atoms with Gasteiger partial charge in [-0.25, -0.2) is 9.97 Å². The van der Waals surface area contributed by atoms with Crippen LogP contribution in [0.5, 0.6) is 0 Å². The molecule has 5 heteroatoms. The lowest BCUT2D eigenvalue weighted by molar-refractivity contribution is 0.308. The maximum atomic E-state index is 5.90. The molecule has 0 radical (unpaired) electrons. The lowest BCUT2D eigenvalue weighted by Gasteiger charge is -2.33. The summed E-state index contributed by atoms with van der Waals surface area (Å²) in [5.41, 5.74) is 0. The number of halogens is 1. The van der Waals surface area contributed by atoms with E-state index in [1.54, 1.807) is 6.07 Å². The molecule has 1 heterocycles.